The van der Waals surface area contributed by atoms with Crippen LogP contribution in [0.4, 0.5) is 10.5 Å². The van der Waals surface area contributed by atoms with Crippen LogP contribution in [0, 0.1) is 13.8 Å². The molecule has 43 heavy (non-hydrogen) atoms. The molecular weight excluding hydrogens is 624 g/mol. The monoisotopic (exact) mass is 668 g/mol. The maximum absolute atomic E-state index is 13.7. The first-order valence-electron chi connectivity index (χ1n) is 14.9. The number of alkyl carbamates (subject to hydrolysis) is 1. The highest BCUT2D eigenvalue weighted by Crippen LogP contribution is 2.38. The first-order chi connectivity index (χ1) is 20.1. The number of ether oxygens (including phenoxy) is 2. The fourth-order valence-corrected chi connectivity index (χ4v) is 6.58. The van der Waals surface area contributed by atoms with E-state index in [0.29, 0.717) is 12.4 Å². The number of nitrogens with zero attached hydrogens (tertiary/aromatic N) is 2. The summed E-state index contributed by atoms with van der Waals surface area (Å²) in [6.45, 7) is 17.7. The molecule has 4 rings (SSSR count). The number of carbonyl (C=O) groups is 2. The third-order valence-corrected chi connectivity index (χ3v) is 9.82. The molecule has 0 aliphatic heterocycles. The standard InChI is InChI=1S/C33H45BrN4O4Si/c1-21-29(22(2)38(37-21)20-41-17-18-43(6,7)8)24-10-14-26(15-11-24)35-31(39)30(36-32(40)42-33(3,4)5)27-16-12-23-9-13-25(34)19-28(23)27/h9-11,13-15,19,27,30H,12,16-18,20H2,1-8H3,(H,35,39)(H,36,40)/t27?,30-/m0/s1. The predicted molar refractivity (Wildman–Crippen MR) is 178 cm³/mol. The quantitative estimate of drug-likeness (QED) is 0.170. The number of carbonyl (C=O) groups excluding carboxylic acids is 2. The number of rotatable bonds is 10. The molecule has 2 amide bonds. The van der Waals surface area contributed by atoms with E-state index < -0.39 is 25.8 Å². The van der Waals surface area contributed by atoms with E-state index in [1.165, 1.54) is 5.56 Å². The van der Waals surface area contributed by atoms with Gasteiger partial charge in [0, 0.05) is 42.0 Å². The van der Waals surface area contributed by atoms with Gasteiger partial charge < -0.3 is 20.1 Å². The van der Waals surface area contributed by atoms with Crippen molar-refractivity contribution in [3.8, 4) is 11.1 Å². The maximum Gasteiger partial charge on any atom is 0.408 e. The van der Waals surface area contributed by atoms with Crippen LogP contribution in [-0.4, -0.2) is 48.1 Å². The zero-order valence-corrected chi connectivity index (χ0v) is 29.2. The molecule has 1 unspecified atom stereocenters. The van der Waals surface area contributed by atoms with Gasteiger partial charge in [-0.2, -0.15) is 5.10 Å². The lowest BCUT2D eigenvalue weighted by atomic mass is 9.92. The van der Waals surface area contributed by atoms with Gasteiger partial charge in [0.1, 0.15) is 18.4 Å². The third kappa shape index (κ3) is 8.80. The van der Waals surface area contributed by atoms with Crippen molar-refractivity contribution in [1.29, 1.82) is 0 Å². The van der Waals surface area contributed by atoms with E-state index in [2.05, 4.69) is 59.2 Å². The van der Waals surface area contributed by atoms with Crippen LogP contribution < -0.4 is 10.6 Å². The molecule has 0 bridgehead atoms. The fraction of sp³-hybridized carbons (Fsp3) is 0.485. The van der Waals surface area contributed by atoms with Gasteiger partial charge in [-0.15, -0.1) is 0 Å². The maximum atomic E-state index is 13.7. The van der Waals surface area contributed by atoms with Gasteiger partial charge in [0.25, 0.3) is 0 Å². The molecule has 10 heteroatoms. The van der Waals surface area contributed by atoms with Crippen LogP contribution in [-0.2, 0) is 27.4 Å². The van der Waals surface area contributed by atoms with Crippen LogP contribution in [0.1, 0.15) is 55.6 Å². The first-order valence-corrected chi connectivity index (χ1v) is 19.4. The summed E-state index contributed by atoms with van der Waals surface area (Å²) in [5.74, 6) is -0.463. The molecular formula is C33H45BrN4O4Si. The lowest BCUT2D eigenvalue weighted by Gasteiger charge is -2.27. The Hall–Kier alpha value is -2.95. The van der Waals surface area contributed by atoms with Gasteiger partial charge in [-0.1, -0.05) is 53.8 Å². The molecule has 2 aromatic carbocycles. The average Bonchev–Trinajstić information content (AvgIpc) is 3.43. The number of halogens is 1. The van der Waals surface area contributed by atoms with Gasteiger partial charge in [0.05, 0.1) is 5.69 Å². The Balaban J connectivity index is 1.49. The molecule has 1 aliphatic carbocycles. The smallest absolute Gasteiger partial charge is 0.408 e. The largest absolute Gasteiger partial charge is 0.444 e. The number of aromatic nitrogens is 2. The normalized spacial score (nSPS) is 15.6. The number of amides is 2. The van der Waals surface area contributed by atoms with Gasteiger partial charge in [0.2, 0.25) is 5.91 Å². The van der Waals surface area contributed by atoms with Crippen LogP contribution in [0.3, 0.4) is 0 Å². The summed E-state index contributed by atoms with van der Waals surface area (Å²) in [7, 11) is -1.15. The summed E-state index contributed by atoms with van der Waals surface area (Å²) in [4.78, 5) is 26.5. The Kier molecular flexibility index (Phi) is 10.2. The van der Waals surface area contributed by atoms with Crippen molar-refractivity contribution in [3.63, 3.8) is 0 Å². The summed E-state index contributed by atoms with van der Waals surface area (Å²) in [6.07, 6.45) is 0.986. The SMILES string of the molecule is Cc1nn(COCC[Si](C)(C)C)c(C)c1-c1ccc(NC(=O)[C@@H](NC(=O)OC(C)(C)C)C2CCc3ccc(Br)cc32)cc1. The van der Waals surface area contributed by atoms with Gasteiger partial charge in [-0.05, 0) is 94.5 Å². The van der Waals surface area contributed by atoms with Gasteiger partial charge >= 0.3 is 6.09 Å². The highest BCUT2D eigenvalue weighted by molar-refractivity contribution is 9.10. The predicted octanol–water partition coefficient (Wildman–Crippen LogP) is 7.80. The van der Waals surface area contributed by atoms with Crippen LogP contribution in [0.5, 0.6) is 0 Å². The van der Waals surface area contributed by atoms with Crippen molar-refractivity contribution in [2.24, 2.45) is 0 Å². The number of aryl methyl sites for hydroxylation is 2. The molecule has 3 aromatic rings. The number of benzene rings is 2. The topological polar surface area (TPSA) is 94.5 Å². The Labute approximate surface area is 265 Å². The Morgan fingerprint density at radius 3 is 2.47 bits per heavy atom. The zero-order chi connectivity index (χ0) is 31.5. The van der Waals surface area contributed by atoms with Crippen molar-refractivity contribution in [3.05, 3.63) is 69.5 Å². The second kappa shape index (κ2) is 13.4. The molecule has 0 saturated heterocycles. The summed E-state index contributed by atoms with van der Waals surface area (Å²) >= 11 is 3.56. The Bertz CT molecular complexity index is 1460. The molecule has 1 aromatic heterocycles. The van der Waals surface area contributed by atoms with Gasteiger partial charge in [0.15, 0.2) is 0 Å². The highest BCUT2D eigenvalue weighted by Gasteiger charge is 2.36. The zero-order valence-electron chi connectivity index (χ0n) is 26.6. The Morgan fingerprint density at radius 2 is 1.81 bits per heavy atom. The molecule has 0 spiro atoms. The van der Waals surface area contributed by atoms with E-state index in [-0.39, 0.29) is 11.8 Å². The van der Waals surface area contributed by atoms with Gasteiger partial charge in [-0.3, -0.25) is 4.79 Å². The van der Waals surface area contributed by atoms with Crippen molar-refractivity contribution in [2.75, 3.05) is 11.9 Å². The van der Waals surface area contributed by atoms with Crippen molar-refractivity contribution < 1.29 is 19.1 Å². The van der Waals surface area contributed by atoms with E-state index in [0.717, 1.165) is 58.0 Å². The molecule has 0 saturated carbocycles. The summed E-state index contributed by atoms with van der Waals surface area (Å²) < 4.78 is 14.3. The number of nitrogens with one attached hydrogen (secondary N) is 2. The number of hydrogen-bond donors (Lipinski definition) is 2. The summed E-state index contributed by atoms with van der Waals surface area (Å²) in [5, 5.41) is 10.6. The lowest BCUT2D eigenvalue weighted by molar-refractivity contribution is -0.118. The molecule has 0 radical (unpaired) electrons. The van der Waals surface area contributed by atoms with E-state index in [4.69, 9.17) is 14.6 Å². The van der Waals surface area contributed by atoms with Crippen LogP contribution in [0.25, 0.3) is 11.1 Å². The first kappa shape index (κ1) is 33.0. The molecule has 2 atom stereocenters. The van der Waals surface area contributed by atoms with Crippen molar-refractivity contribution >= 4 is 41.7 Å². The molecule has 1 aliphatic rings. The van der Waals surface area contributed by atoms with Crippen molar-refractivity contribution in [1.82, 2.24) is 15.1 Å². The third-order valence-electron chi connectivity index (χ3n) is 7.62. The minimum absolute atomic E-state index is 0.177. The number of anilines is 1. The van der Waals surface area contributed by atoms with E-state index in [9.17, 15) is 9.59 Å². The minimum Gasteiger partial charge on any atom is -0.444 e. The molecule has 8 nitrogen and oxygen atoms in total. The van der Waals surface area contributed by atoms with E-state index >= 15 is 0 Å². The van der Waals surface area contributed by atoms with Crippen molar-refractivity contribution in [2.45, 2.75) is 97.4 Å². The molecule has 0 fully saturated rings. The average molecular weight is 670 g/mol. The second-order valence-electron chi connectivity index (χ2n) is 13.6. The molecule has 232 valence electrons. The lowest BCUT2D eigenvalue weighted by Crippen LogP contribution is -2.48. The second-order valence-corrected chi connectivity index (χ2v) is 20.1. The summed E-state index contributed by atoms with van der Waals surface area (Å²) in [6, 6.07) is 14.2. The highest BCUT2D eigenvalue weighted by atomic mass is 79.9. The van der Waals surface area contributed by atoms with Crippen LogP contribution in [0.2, 0.25) is 25.7 Å². The number of hydrogen-bond acceptors (Lipinski definition) is 5. The fourth-order valence-electron chi connectivity index (χ4n) is 5.44. The van der Waals surface area contributed by atoms with E-state index in [1.54, 1.807) is 20.8 Å². The Morgan fingerprint density at radius 1 is 1.12 bits per heavy atom. The van der Waals surface area contributed by atoms with Crippen LogP contribution in [0.15, 0.2) is 46.9 Å². The molecule has 1 heterocycles. The van der Waals surface area contributed by atoms with E-state index in [1.807, 2.05) is 48.0 Å². The van der Waals surface area contributed by atoms with Crippen LogP contribution >= 0.6 is 15.9 Å². The minimum atomic E-state index is -1.15. The number of fused-ring (bicyclic) bond motifs is 1. The van der Waals surface area contributed by atoms with Gasteiger partial charge in [-0.25, -0.2) is 9.48 Å². The molecule has 2 N–H and O–H groups in total. The summed E-state index contributed by atoms with van der Waals surface area (Å²) in [5.41, 5.74) is 6.26.